The van der Waals surface area contributed by atoms with Gasteiger partial charge in [-0.3, -0.25) is 19.2 Å². The molecule has 12 nitrogen and oxygen atoms in total. The maximum absolute atomic E-state index is 13.4. The van der Waals surface area contributed by atoms with Gasteiger partial charge in [0, 0.05) is 37.9 Å². The first-order chi connectivity index (χ1) is 20.5. The van der Waals surface area contributed by atoms with Gasteiger partial charge in [-0.2, -0.15) is 0 Å². The molecule has 0 spiro atoms. The Morgan fingerprint density at radius 3 is 2.53 bits per heavy atom. The zero-order valence-corrected chi connectivity index (χ0v) is 25.6. The topological polar surface area (TPSA) is 167 Å². The first-order valence-corrected chi connectivity index (χ1v) is 15.2. The third-order valence-corrected chi connectivity index (χ3v) is 8.01. The lowest BCUT2D eigenvalue weighted by atomic mass is 10.0. The molecule has 2 aromatic heterocycles. The number of oxazole rings is 1. The van der Waals surface area contributed by atoms with Crippen molar-refractivity contribution < 1.29 is 28.7 Å². The summed E-state index contributed by atoms with van der Waals surface area (Å²) in [6, 6.07) is 8.41. The average Bonchev–Trinajstić information content (AvgIpc) is 3.61. The van der Waals surface area contributed by atoms with Crippen LogP contribution in [0.4, 0.5) is 0 Å². The maximum atomic E-state index is 13.4. The first kappa shape index (κ1) is 31.8. The Morgan fingerprint density at radius 2 is 1.84 bits per heavy atom. The number of amides is 4. The molecule has 3 atom stereocenters. The van der Waals surface area contributed by atoms with Crippen LogP contribution >= 0.6 is 11.3 Å². The molecule has 13 heteroatoms. The van der Waals surface area contributed by atoms with E-state index in [4.69, 9.17) is 4.42 Å². The summed E-state index contributed by atoms with van der Waals surface area (Å²) in [4.78, 5) is 62.4. The lowest BCUT2D eigenvalue weighted by Gasteiger charge is -2.24. The van der Waals surface area contributed by atoms with E-state index in [1.807, 2.05) is 44.2 Å². The van der Waals surface area contributed by atoms with Gasteiger partial charge in [0.15, 0.2) is 5.69 Å². The molecule has 3 aromatic rings. The lowest BCUT2D eigenvalue weighted by molar-refractivity contribution is -0.139. The van der Waals surface area contributed by atoms with E-state index in [2.05, 4.69) is 25.9 Å². The highest BCUT2D eigenvalue weighted by Gasteiger charge is 2.29. The molecule has 1 aliphatic rings. The number of carbonyl (C=O) groups excluding carboxylic acids is 4. The van der Waals surface area contributed by atoms with E-state index in [1.165, 1.54) is 23.2 Å². The standard InChI is InChI=1S/C30H38N6O6S/c1-17(2)24-29-33-22(16-43-29)26(39)31-12-14-36(30(41)18(3)37)13-8-11-23(38)32-21(15-20-9-6-5-7-10-20)28-35-25(19(4)42-28)27(40)34-24/h5-7,9-10,16-18,21,24,37H,8,11-15H2,1-4H3,(H,31,39)(H,32,38)(H,34,40)/t18-,21+,24+/m1/s1. The number of aromatic nitrogens is 2. The van der Waals surface area contributed by atoms with Crippen LogP contribution in [0, 0.1) is 12.8 Å². The van der Waals surface area contributed by atoms with E-state index in [9.17, 15) is 24.3 Å². The fourth-order valence-electron chi connectivity index (χ4n) is 4.77. The Bertz CT molecular complexity index is 1440. The highest BCUT2D eigenvalue weighted by atomic mass is 32.1. The number of aliphatic hydroxyl groups excluding tert-OH is 1. The van der Waals surface area contributed by atoms with Gasteiger partial charge in [0.05, 0.1) is 6.04 Å². The van der Waals surface area contributed by atoms with Crippen LogP contribution in [0.15, 0.2) is 40.1 Å². The second-order valence-electron chi connectivity index (χ2n) is 10.9. The second kappa shape index (κ2) is 14.4. The molecular weight excluding hydrogens is 572 g/mol. The molecule has 0 fully saturated rings. The molecule has 230 valence electrons. The van der Waals surface area contributed by atoms with Gasteiger partial charge in [0.25, 0.3) is 17.7 Å². The van der Waals surface area contributed by atoms with Crippen molar-refractivity contribution in [3.63, 3.8) is 0 Å². The highest BCUT2D eigenvalue weighted by molar-refractivity contribution is 7.09. The lowest BCUT2D eigenvalue weighted by Crippen LogP contribution is -2.43. The minimum absolute atomic E-state index is 0.0549. The second-order valence-corrected chi connectivity index (χ2v) is 11.8. The Kier molecular flexibility index (Phi) is 10.6. The number of nitrogens with zero attached hydrogens (tertiary/aromatic N) is 3. The van der Waals surface area contributed by atoms with E-state index in [-0.39, 0.29) is 55.2 Å². The number of aliphatic hydroxyl groups is 1. The molecule has 0 unspecified atom stereocenters. The van der Waals surface area contributed by atoms with Crippen LogP contribution in [0.3, 0.4) is 0 Å². The van der Waals surface area contributed by atoms with Crippen molar-refractivity contribution in [2.45, 2.75) is 65.1 Å². The number of hydrogen-bond acceptors (Lipinski definition) is 9. The number of rotatable bonds is 4. The molecular formula is C30H38N6O6S. The van der Waals surface area contributed by atoms with E-state index >= 15 is 0 Å². The van der Waals surface area contributed by atoms with Crippen LogP contribution in [0.1, 0.15) is 88.9 Å². The summed E-state index contributed by atoms with van der Waals surface area (Å²) in [6.07, 6.45) is -0.430. The van der Waals surface area contributed by atoms with Crippen molar-refractivity contribution in [3.8, 4) is 0 Å². The maximum Gasteiger partial charge on any atom is 0.274 e. The molecule has 0 saturated heterocycles. The molecule has 0 saturated carbocycles. The normalized spacial score (nSPS) is 19.8. The molecule has 1 aliphatic heterocycles. The number of fused-ring (bicyclic) bond motifs is 4. The number of hydrogen-bond donors (Lipinski definition) is 4. The van der Waals surface area contributed by atoms with Gasteiger partial charge in [0.1, 0.15) is 28.6 Å². The van der Waals surface area contributed by atoms with Gasteiger partial charge in [-0.15, -0.1) is 11.3 Å². The summed E-state index contributed by atoms with van der Waals surface area (Å²) in [5, 5.41) is 20.8. The monoisotopic (exact) mass is 610 g/mol. The number of aryl methyl sites for hydroxylation is 1. The van der Waals surface area contributed by atoms with Crippen molar-refractivity contribution in [2.24, 2.45) is 5.92 Å². The van der Waals surface area contributed by atoms with Crippen LogP contribution in [0.5, 0.6) is 0 Å². The first-order valence-electron chi connectivity index (χ1n) is 14.4. The molecule has 4 amide bonds. The smallest absolute Gasteiger partial charge is 0.274 e. The van der Waals surface area contributed by atoms with Crippen LogP contribution in [-0.4, -0.2) is 69.3 Å². The molecule has 0 aliphatic carbocycles. The van der Waals surface area contributed by atoms with Gasteiger partial charge in [-0.25, -0.2) is 9.97 Å². The van der Waals surface area contributed by atoms with Crippen molar-refractivity contribution >= 4 is 35.0 Å². The summed E-state index contributed by atoms with van der Waals surface area (Å²) >= 11 is 1.26. The molecule has 3 heterocycles. The minimum atomic E-state index is -1.22. The van der Waals surface area contributed by atoms with Crippen molar-refractivity contribution in [1.29, 1.82) is 0 Å². The molecule has 4 rings (SSSR count). The molecule has 0 radical (unpaired) electrons. The Hall–Kier alpha value is -4.10. The van der Waals surface area contributed by atoms with Crippen LogP contribution in [-0.2, 0) is 16.0 Å². The molecule has 4 N–H and O–H groups in total. The van der Waals surface area contributed by atoms with Gasteiger partial charge >= 0.3 is 0 Å². The third kappa shape index (κ3) is 8.26. The third-order valence-electron chi connectivity index (χ3n) is 7.09. The van der Waals surface area contributed by atoms with Crippen molar-refractivity contribution in [2.75, 3.05) is 19.6 Å². The van der Waals surface area contributed by atoms with Gasteiger partial charge in [0.2, 0.25) is 11.8 Å². The van der Waals surface area contributed by atoms with E-state index in [0.29, 0.717) is 23.6 Å². The summed E-state index contributed by atoms with van der Waals surface area (Å²) < 4.78 is 5.95. The highest BCUT2D eigenvalue weighted by Crippen LogP contribution is 2.27. The van der Waals surface area contributed by atoms with Crippen LogP contribution in [0.2, 0.25) is 0 Å². The molecule has 43 heavy (non-hydrogen) atoms. The van der Waals surface area contributed by atoms with Gasteiger partial charge in [-0.05, 0) is 31.7 Å². The molecule has 4 bridgehead atoms. The minimum Gasteiger partial charge on any atom is -0.443 e. The van der Waals surface area contributed by atoms with Crippen LogP contribution < -0.4 is 16.0 Å². The molecule has 1 aromatic carbocycles. The number of carbonyl (C=O) groups is 4. The Morgan fingerprint density at radius 1 is 1.09 bits per heavy atom. The largest absolute Gasteiger partial charge is 0.443 e. The number of nitrogens with one attached hydrogen (secondary N) is 3. The van der Waals surface area contributed by atoms with Crippen molar-refractivity contribution in [1.82, 2.24) is 30.8 Å². The average molecular weight is 611 g/mol. The fraction of sp³-hybridized carbons (Fsp3) is 0.467. The summed E-state index contributed by atoms with van der Waals surface area (Å²) in [6.45, 7) is 7.38. The van der Waals surface area contributed by atoms with E-state index < -0.39 is 35.9 Å². The Labute approximate surface area is 254 Å². The van der Waals surface area contributed by atoms with Gasteiger partial charge in [-0.1, -0.05) is 44.2 Å². The zero-order chi connectivity index (χ0) is 31.1. The zero-order valence-electron chi connectivity index (χ0n) is 24.8. The quantitative estimate of drug-likeness (QED) is 0.350. The van der Waals surface area contributed by atoms with E-state index in [1.54, 1.807) is 12.3 Å². The number of benzene rings is 1. The number of thiazole rings is 1. The predicted octanol–water partition coefficient (Wildman–Crippen LogP) is 2.70. The van der Waals surface area contributed by atoms with Crippen molar-refractivity contribution in [3.05, 3.63) is 69.3 Å². The van der Waals surface area contributed by atoms with Gasteiger partial charge < -0.3 is 30.4 Å². The SMILES string of the molecule is Cc1oc2nc1C(=O)N[C@@H](C(C)C)c1nc(cs1)C(=O)NCCN(C(=O)[C@@H](C)O)CCCC(=O)N[C@H]2Cc1ccccc1. The fourth-order valence-corrected chi connectivity index (χ4v) is 5.79. The Balaban J connectivity index is 1.66. The predicted molar refractivity (Wildman–Crippen MR) is 159 cm³/mol. The van der Waals surface area contributed by atoms with Crippen LogP contribution in [0.25, 0.3) is 0 Å². The van der Waals surface area contributed by atoms with E-state index in [0.717, 1.165) is 5.56 Å². The summed E-state index contributed by atoms with van der Waals surface area (Å²) in [5.41, 5.74) is 1.24. The summed E-state index contributed by atoms with van der Waals surface area (Å²) in [7, 11) is 0. The summed E-state index contributed by atoms with van der Waals surface area (Å²) in [5.74, 6) is -1.19.